The third-order valence-electron chi connectivity index (χ3n) is 3.78. The predicted molar refractivity (Wildman–Crippen MR) is 78.5 cm³/mol. The highest BCUT2D eigenvalue weighted by Crippen LogP contribution is 2.26. The molecule has 1 aliphatic heterocycles. The number of sulfonamides is 1. The van der Waals surface area contributed by atoms with Gasteiger partial charge in [0, 0.05) is 18.7 Å². The number of rotatable bonds is 3. The van der Waals surface area contributed by atoms with Crippen molar-refractivity contribution in [2.75, 3.05) is 13.1 Å². The SMILES string of the molecule is Cc1ccc(C(=O)Cl)cc1S(=O)(=O)N1CCC(C)CC1. The van der Waals surface area contributed by atoms with Crippen LogP contribution in [0.4, 0.5) is 0 Å². The Bertz CT molecular complexity index is 619. The van der Waals surface area contributed by atoms with E-state index in [0.29, 0.717) is 24.6 Å². The molecule has 2 rings (SSSR count). The highest BCUT2D eigenvalue weighted by atomic mass is 35.5. The van der Waals surface area contributed by atoms with E-state index >= 15 is 0 Å². The first-order chi connectivity index (χ1) is 9.32. The smallest absolute Gasteiger partial charge is 0.252 e. The molecule has 6 heteroatoms. The van der Waals surface area contributed by atoms with Crippen LogP contribution in [0.2, 0.25) is 0 Å². The number of piperidine rings is 1. The van der Waals surface area contributed by atoms with Gasteiger partial charge in [0.25, 0.3) is 5.24 Å². The summed E-state index contributed by atoms with van der Waals surface area (Å²) >= 11 is 5.44. The number of aryl methyl sites for hydroxylation is 1. The van der Waals surface area contributed by atoms with Gasteiger partial charge in [0.15, 0.2) is 0 Å². The first-order valence-corrected chi connectivity index (χ1v) is 8.45. The summed E-state index contributed by atoms with van der Waals surface area (Å²) in [6.07, 6.45) is 1.73. The molecule has 1 aromatic carbocycles. The second-order valence-corrected chi connectivity index (χ2v) is 7.59. The maximum atomic E-state index is 12.7. The number of nitrogens with zero attached hydrogens (tertiary/aromatic N) is 1. The van der Waals surface area contributed by atoms with Gasteiger partial charge in [-0.3, -0.25) is 4.79 Å². The second-order valence-electron chi connectivity index (χ2n) is 5.34. The van der Waals surface area contributed by atoms with Crippen LogP contribution in [0.5, 0.6) is 0 Å². The maximum Gasteiger partial charge on any atom is 0.252 e. The van der Waals surface area contributed by atoms with Crippen molar-refractivity contribution in [2.45, 2.75) is 31.6 Å². The van der Waals surface area contributed by atoms with Crippen molar-refractivity contribution in [2.24, 2.45) is 5.92 Å². The Hall–Kier alpha value is -0.910. The zero-order valence-corrected chi connectivity index (χ0v) is 13.2. The van der Waals surface area contributed by atoms with E-state index in [-0.39, 0.29) is 10.5 Å². The zero-order valence-electron chi connectivity index (χ0n) is 11.6. The van der Waals surface area contributed by atoms with Gasteiger partial charge in [-0.05, 0) is 55.0 Å². The fraction of sp³-hybridized carbons (Fsp3) is 0.500. The minimum absolute atomic E-state index is 0.179. The topological polar surface area (TPSA) is 54.5 Å². The number of hydrogen-bond acceptors (Lipinski definition) is 3. The molecule has 1 saturated heterocycles. The van der Waals surface area contributed by atoms with E-state index in [4.69, 9.17) is 11.6 Å². The van der Waals surface area contributed by atoms with Crippen molar-refractivity contribution < 1.29 is 13.2 Å². The lowest BCUT2D eigenvalue weighted by Crippen LogP contribution is -2.38. The summed E-state index contributed by atoms with van der Waals surface area (Å²) in [6, 6.07) is 4.54. The van der Waals surface area contributed by atoms with Crippen molar-refractivity contribution in [3.63, 3.8) is 0 Å². The molecule has 1 heterocycles. The molecule has 0 aromatic heterocycles. The van der Waals surface area contributed by atoms with E-state index in [0.717, 1.165) is 12.8 Å². The van der Waals surface area contributed by atoms with Gasteiger partial charge in [-0.1, -0.05) is 13.0 Å². The average Bonchev–Trinajstić information content (AvgIpc) is 2.39. The normalized spacial score (nSPS) is 18.1. The Morgan fingerprint density at radius 3 is 2.45 bits per heavy atom. The molecule has 1 fully saturated rings. The molecule has 0 radical (unpaired) electrons. The molecule has 0 amide bonds. The fourth-order valence-electron chi connectivity index (χ4n) is 2.36. The van der Waals surface area contributed by atoms with Crippen molar-refractivity contribution in [3.8, 4) is 0 Å². The van der Waals surface area contributed by atoms with Crippen LogP contribution < -0.4 is 0 Å². The lowest BCUT2D eigenvalue weighted by atomic mass is 10.0. The van der Waals surface area contributed by atoms with Crippen molar-refractivity contribution in [1.82, 2.24) is 4.31 Å². The van der Waals surface area contributed by atoms with Gasteiger partial charge in [0.1, 0.15) is 0 Å². The summed E-state index contributed by atoms with van der Waals surface area (Å²) in [5.74, 6) is 0.554. The molecule has 0 N–H and O–H groups in total. The van der Waals surface area contributed by atoms with E-state index < -0.39 is 15.3 Å². The summed E-state index contributed by atoms with van der Waals surface area (Å²) in [5, 5.41) is -0.645. The Morgan fingerprint density at radius 1 is 1.30 bits per heavy atom. The molecule has 0 saturated carbocycles. The van der Waals surface area contributed by atoms with Gasteiger partial charge >= 0.3 is 0 Å². The standard InChI is InChI=1S/C14H18ClNO3S/c1-10-5-7-16(8-6-10)20(18,19)13-9-12(14(15)17)4-3-11(13)2/h3-4,9-10H,5-8H2,1-2H3. The van der Waals surface area contributed by atoms with E-state index in [1.165, 1.54) is 10.4 Å². The van der Waals surface area contributed by atoms with Crippen molar-refractivity contribution in [3.05, 3.63) is 29.3 Å². The molecule has 1 aromatic rings. The third kappa shape index (κ3) is 3.05. The first kappa shape index (κ1) is 15.5. The highest BCUT2D eigenvalue weighted by molar-refractivity contribution is 7.89. The Morgan fingerprint density at radius 2 is 1.90 bits per heavy atom. The van der Waals surface area contributed by atoms with Crippen LogP contribution in [0, 0.1) is 12.8 Å². The van der Waals surface area contributed by atoms with E-state index in [9.17, 15) is 13.2 Å². The summed E-state index contributed by atoms with van der Waals surface area (Å²) in [5.41, 5.74) is 0.839. The number of benzene rings is 1. The minimum atomic E-state index is -3.55. The van der Waals surface area contributed by atoms with Gasteiger partial charge in [0.05, 0.1) is 4.90 Å². The number of halogens is 1. The molecule has 4 nitrogen and oxygen atoms in total. The molecule has 0 bridgehead atoms. The van der Waals surface area contributed by atoms with Gasteiger partial charge < -0.3 is 0 Å². The maximum absolute atomic E-state index is 12.7. The molecule has 0 unspecified atom stereocenters. The largest absolute Gasteiger partial charge is 0.276 e. The Labute approximate surface area is 124 Å². The van der Waals surface area contributed by atoms with Gasteiger partial charge in [-0.2, -0.15) is 4.31 Å². The number of carbonyl (C=O) groups is 1. The molecule has 0 atom stereocenters. The zero-order chi connectivity index (χ0) is 14.9. The molecule has 0 aliphatic carbocycles. The molecule has 1 aliphatic rings. The fourth-order valence-corrected chi connectivity index (χ4v) is 4.20. The molecule has 0 spiro atoms. The summed E-state index contributed by atoms with van der Waals surface area (Å²) in [4.78, 5) is 11.4. The van der Waals surface area contributed by atoms with E-state index in [2.05, 4.69) is 6.92 Å². The van der Waals surface area contributed by atoms with E-state index in [1.807, 2.05) is 0 Å². The van der Waals surface area contributed by atoms with E-state index in [1.54, 1.807) is 19.1 Å². The van der Waals surface area contributed by atoms with Crippen LogP contribution in [0.1, 0.15) is 35.7 Å². The summed E-state index contributed by atoms with van der Waals surface area (Å²) in [6.45, 7) is 4.91. The second kappa shape index (κ2) is 5.84. The Kier molecular flexibility index (Phi) is 4.52. The van der Waals surface area contributed by atoms with Gasteiger partial charge in [-0.25, -0.2) is 8.42 Å². The quantitative estimate of drug-likeness (QED) is 0.806. The van der Waals surface area contributed by atoms with Gasteiger partial charge in [-0.15, -0.1) is 0 Å². The summed E-state index contributed by atoms with van der Waals surface area (Å²) < 4.78 is 26.8. The van der Waals surface area contributed by atoms with Crippen LogP contribution in [-0.2, 0) is 10.0 Å². The average molecular weight is 316 g/mol. The van der Waals surface area contributed by atoms with Crippen molar-refractivity contribution in [1.29, 1.82) is 0 Å². The monoisotopic (exact) mass is 315 g/mol. The van der Waals surface area contributed by atoms with Gasteiger partial charge in [0.2, 0.25) is 10.0 Å². The van der Waals surface area contributed by atoms with Crippen LogP contribution in [0.15, 0.2) is 23.1 Å². The third-order valence-corrected chi connectivity index (χ3v) is 6.03. The highest BCUT2D eigenvalue weighted by Gasteiger charge is 2.29. The lowest BCUT2D eigenvalue weighted by Gasteiger charge is -2.29. The summed E-state index contributed by atoms with van der Waals surface area (Å²) in [7, 11) is -3.55. The van der Waals surface area contributed by atoms with Crippen LogP contribution in [-0.4, -0.2) is 31.1 Å². The molecule has 20 heavy (non-hydrogen) atoms. The van der Waals surface area contributed by atoms with Crippen LogP contribution in [0.25, 0.3) is 0 Å². The lowest BCUT2D eigenvalue weighted by molar-refractivity contribution is 0.108. The number of hydrogen-bond donors (Lipinski definition) is 0. The first-order valence-electron chi connectivity index (χ1n) is 6.63. The molecular formula is C14H18ClNO3S. The molecule has 110 valence electrons. The Balaban J connectivity index is 2.38. The van der Waals surface area contributed by atoms with Crippen LogP contribution in [0.3, 0.4) is 0 Å². The molecular weight excluding hydrogens is 298 g/mol. The van der Waals surface area contributed by atoms with Crippen molar-refractivity contribution >= 4 is 26.9 Å². The van der Waals surface area contributed by atoms with Crippen LogP contribution >= 0.6 is 11.6 Å². The number of carbonyl (C=O) groups excluding carboxylic acids is 1. The predicted octanol–water partition coefficient (Wildman–Crippen LogP) is 2.79. The minimum Gasteiger partial charge on any atom is -0.276 e.